The molecule has 4 rings (SSSR count). The number of aryl methyl sites for hydroxylation is 1. The zero-order chi connectivity index (χ0) is 20.9. The van der Waals surface area contributed by atoms with Crippen molar-refractivity contribution in [2.75, 3.05) is 6.61 Å². The van der Waals surface area contributed by atoms with Gasteiger partial charge in [0.15, 0.2) is 0 Å². The first-order valence-electron chi connectivity index (χ1n) is 10.1. The lowest BCUT2D eigenvalue weighted by atomic mass is 10.1. The molecule has 0 bridgehead atoms. The fourth-order valence-corrected chi connectivity index (χ4v) is 3.51. The van der Waals surface area contributed by atoms with Crippen LogP contribution < -0.4 is 0 Å². The molecule has 1 heterocycles. The van der Waals surface area contributed by atoms with Crippen molar-refractivity contribution >= 4 is 29.2 Å². The zero-order valence-electron chi connectivity index (χ0n) is 17.2. The minimum Gasteiger partial charge on any atom is -0.462 e. The van der Waals surface area contributed by atoms with Crippen LogP contribution in [0.4, 0.5) is 0 Å². The highest BCUT2D eigenvalue weighted by Crippen LogP contribution is 2.22. The predicted octanol–water partition coefficient (Wildman–Crippen LogP) is 5.74. The molecule has 4 nitrogen and oxygen atoms in total. The number of carbonyl (C=O) groups is 1. The van der Waals surface area contributed by atoms with Crippen LogP contribution in [-0.2, 0) is 11.3 Å². The fraction of sp³-hybridized carbons (Fsp3) is 0.154. The van der Waals surface area contributed by atoms with E-state index in [0.29, 0.717) is 24.2 Å². The Bertz CT molecular complexity index is 1190. The maximum atomic E-state index is 12.3. The van der Waals surface area contributed by atoms with Crippen LogP contribution >= 0.6 is 0 Å². The Labute approximate surface area is 176 Å². The van der Waals surface area contributed by atoms with Gasteiger partial charge in [0.2, 0.25) is 0 Å². The monoisotopic (exact) mass is 396 g/mol. The molecule has 0 N–H and O–H groups in total. The van der Waals surface area contributed by atoms with Crippen molar-refractivity contribution in [3.63, 3.8) is 0 Å². The van der Waals surface area contributed by atoms with Gasteiger partial charge in [-0.3, -0.25) is 0 Å². The number of para-hydroxylation sites is 1. The Kier molecular flexibility index (Phi) is 5.75. The Morgan fingerprint density at radius 2 is 1.63 bits per heavy atom. The highest BCUT2D eigenvalue weighted by atomic mass is 16.5. The first kappa shape index (κ1) is 19.6. The fourth-order valence-electron chi connectivity index (χ4n) is 3.51. The molecule has 4 aromatic rings. The molecule has 0 saturated heterocycles. The number of imidazole rings is 1. The highest BCUT2D eigenvalue weighted by Gasteiger charge is 2.16. The van der Waals surface area contributed by atoms with E-state index in [4.69, 9.17) is 4.74 Å². The van der Waals surface area contributed by atoms with Gasteiger partial charge in [0.25, 0.3) is 0 Å². The van der Waals surface area contributed by atoms with Gasteiger partial charge in [-0.1, -0.05) is 72.8 Å². The van der Waals surface area contributed by atoms with E-state index in [1.165, 1.54) is 11.1 Å². The summed E-state index contributed by atoms with van der Waals surface area (Å²) in [5.41, 5.74) is 5.65. The molecular formula is C26H24N2O2. The molecule has 0 fully saturated rings. The van der Waals surface area contributed by atoms with Crippen molar-refractivity contribution in [2.24, 2.45) is 0 Å². The second-order valence-corrected chi connectivity index (χ2v) is 7.12. The Balaban J connectivity index is 1.57. The average molecular weight is 396 g/mol. The van der Waals surface area contributed by atoms with Crippen molar-refractivity contribution in [1.29, 1.82) is 0 Å². The molecule has 150 valence electrons. The number of esters is 1. The van der Waals surface area contributed by atoms with E-state index < -0.39 is 0 Å². The molecule has 30 heavy (non-hydrogen) atoms. The quantitative estimate of drug-likeness (QED) is 0.308. The molecule has 0 aliphatic rings. The van der Waals surface area contributed by atoms with Gasteiger partial charge in [0.05, 0.1) is 17.7 Å². The molecule has 0 atom stereocenters. The minimum atomic E-state index is -0.331. The number of carbonyl (C=O) groups excluding carboxylic acids is 1. The van der Waals surface area contributed by atoms with Gasteiger partial charge >= 0.3 is 5.97 Å². The maximum absolute atomic E-state index is 12.3. The SMILES string of the molecule is CCOC(=O)c1cccc2c1nc(C)n2Cc1ccc(C=Cc2ccccc2)cc1. The number of rotatable bonds is 6. The molecule has 0 radical (unpaired) electrons. The molecule has 0 amide bonds. The number of nitrogens with zero attached hydrogens (tertiary/aromatic N) is 2. The van der Waals surface area contributed by atoms with Crippen LogP contribution in [0.25, 0.3) is 23.2 Å². The summed E-state index contributed by atoms with van der Waals surface area (Å²) in [4.78, 5) is 16.9. The summed E-state index contributed by atoms with van der Waals surface area (Å²) in [5, 5.41) is 0. The predicted molar refractivity (Wildman–Crippen MR) is 121 cm³/mol. The summed E-state index contributed by atoms with van der Waals surface area (Å²) in [6.07, 6.45) is 4.22. The normalized spacial score (nSPS) is 11.3. The lowest BCUT2D eigenvalue weighted by molar-refractivity contribution is 0.0528. The highest BCUT2D eigenvalue weighted by molar-refractivity contribution is 6.02. The Hall–Kier alpha value is -3.66. The minimum absolute atomic E-state index is 0.331. The van der Waals surface area contributed by atoms with E-state index >= 15 is 0 Å². The molecule has 0 spiro atoms. The first-order valence-corrected chi connectivity index (χ1v) is 10.1. The van der Waals surface area contributed by atoms with E-state index in [9.17, 15) is 4.79 Å². The average Bonchev–Trinajstić information content (AvgIpc) is 3.09. The second kappa shape index (κ2) is 8.78. The van der Waals surface area contributed by atoms with Crippen LogP contribution in [-0.4, -0.2) is 22.1 Å². The molecule has 0 saturated carbocycles. The molecule has 4 heteroatoms. The standard InChI is InChI=1S/C26H24N2O2/c1-3-30-26(29)23-10-7-11-24-25(23)27-19(2)28(24)18-22-16-14-21(15-17-22)13-12-20-8-5-4-6-9-20/h4-17H,3,18H2,1-2H3. The van der Waals surface area contributed by atoms with Crippen molar-refractivity contribution in [3.8, 4) is 0 Å². The smallest absolute Gasteiger partial charge is 0.340 e. The first-order chi connectivity index (χ1) is 14.7. The van der Waals surface area contributed by atoms with Gasteiger partial charge in [-0.2, -0.15) is 0 Å². The Morgan fingerprint density at radius 1 is 0.933 bits per heavy atom. The lowest BCUT2D eigenvalue weighted by Gasteiger charge is -2.08. The van der Waals surface area contributed by atoms with Gasteiger partial charge in [-0.25, -0.2) is 9.78 Å². The zero-order valence-corrected chi connectivity index (χ0v) is 17.2. The van der Waals surface area contributed by atoms with Crippen molar-refractivity contribution in [2.45, 2.75) is 20.4 Å². The van der Waals surface area contributed by atoms with E-state index in [2.05, 4.69) is 58.1 Å². The van der Waals surface area contributed by atoms with E-state index in [0.717, 1.165) is 16.9 Å². The van der Waals surface area contributed by atoms with Gasteiger partial charge in [-0.15, -0.1) is 0 Å². The number of aromatic nitrogens is 2. The van der Waals surface area contributed by atoms with Gasteiger partial charge < -0.3 is 9.30 Å². The van der Waals surface area contributed by atoms with Crippen molar-refractivity contribution in [3.05, 3.63) is 101 Å². The van der Waals surface area contributed by atoms with E-state index in [1.54, 1.807) is 13.0 Å². The second-order valence-electron chi connectivity index (χ2n) is 7.12. The van der Waals surface area contributed by atoms with Crippen LogP contribution in [0, 0.1) is 6.92 Å². The number of benzene rings is 3. The van der Waals surface area contributed by atoms with Gasteiger partial charge in [0, 0.05) is 6.54 Å². The van der Waals surface area contributed by atoms with Gasteiger partial charge in [0.1, 0.15) is 11.3 Å². The van der Waals surface area contributed by atoms with E-state index in [-0.39, 0.29) is 5.97 Å². The summed E-state index contributed by atoms with van der Waals surface area (Å²) in [7, 11) is 0. The molecule has 0 aliphatic heterocycles. The van der Waals surface area contributed by atoms with Crippen LogP contribution in [0.2, 0.25) is 0 Å². The summed E-state index contributed by atoms with van der Waals surface area (Å²) < 4.78 is 7.31. The van der Waals surface area contributed by atoms with Crippen LogP contribution in [0.3, 0.4) is 0 Å². The lowest BCUT2D eigenvalue weighted by Crippen LogP contribution is -2.05. The molecule has 0 aliphatic carbocycles. The Morgan fingerprint density at radius 3 is 2.33 bits per heavy atom. The van der Waals surface area contributed by atoms with Crippen LogP contribution in [0.1, 0.15) is 39.8 Å². The largest absolute Gasteiger partial charge is 0.462 e. The third kappa shape index (κ3) is 4.18. The topological polar surface area (TPSA) is 44.1 Å². The molecule has 1 aromatic heterocycles. The number of hydrogen-bond donors (Lipinski definition) is 0. The van der Waals surface area contributed by atoms with Crippen molar-refractivity contribution in [1.82, 2.24) is 9.55 Å². The number of fused-ring (bicyclic) bond motifs is 1. The summed E-state index contributed by atoms with van der Waals surface area (Å²) in [6, 6.07) is 24.4. The third-order valence-corrected chi connectivity index (χ3v) is 5.05. The third-order valence-electron chi connectivity index (χ3n) is 5.05. The summed E-state index contributed by atoms with van der Waals surface area (Å²) in [5.74, 6) is 0.539. The van der Waals surface area contributed by atoms with Crippen LogP contribution in [0.15, 0.2) is 72.8 Å². The maximum Gasteiger partial charge on any atom is 0.340 e. The number of hydrogen-bond acceptors (Lipinski definition) is 3. The number of ether oxygens (including phenoxy) is 1. The molecule has 3 aromatic carbocycles. The molecular weight excluding hydrogens is 372 g/mol. The van der Waals surface area contributed by atoms with E-state index in [1.807, 2.05) is 37.3 Å². The van der Waals surface area contributed by atoms with Crippen LogP contribution in [0.5, 0.6) is 0 Å². The van der Waals surface area contributed by atoms with Crippen molar-refractivity contribution < 1.29 is 9.53 Å². The van der Waals surface area contributed by atoms with Gasteiger partial charge in [-0.05, 0) is 42.7 Å². The summed E-state index contributed by atoms with van der Waals surface area (Å²) in [6.45, 7) is 4.81. The summed E-state index contributed by atoms with van der Waals surface area (Å²) >= 11 is 0. The molecule has 0 unspecified atom stereocenters.